The first-order valence-corrected chi connectivity index (χ1v) is 7.06. The summed E-state index contributed by atoms with van der Waals surface area (Å²) in [5.41, 5.74) is 1.76. The van der Waals surface area contributed by atoms with Gasteiger partial charge in [-0.05, 0) is 35.7 Å². The van der Waals surface area contributed by atoms with Gasteiger partial charge in [0.2, 0.25) is 0 Å². The van der Waals surface area contributed by atoms with Crippen LogP contribution >= 0.6 is 11.3 Å². The van der Waals surface area contributed by atoms with E-state index in [1.54, 1.807) is 29.1 Å². The summed E-state index contributed by atoms with van der Waals surface area (Å²) in [6.07, 6.45) is 0. The van der Waals surface area contributed by atoms with Crippen LogP contribution in [0, 0.1) is 11.3 Å². The number of hydrogen-bond acceptors (Lipinski definition) is 5. The Balaban J connectivity index is 1.96. The number of amides is 1. The molecule has 0 radical (unpaired) electrons. The molecule has 0 atom stereocenters. The molecule has 0 spiro atoms. The molecule has 1 amide bonds. The second kappa shape index (κ2) is 5.26. The quantitative estimate of drug-likeness (QED) is 0.778. The number of anilines is 2. The predicted octanol–water partition coefficient (Wildman–Crippen LogP) is 2.56. The van der Waals surface area contributed by atoms with Gasteiger partial charge in [0.1, 0.15) is 22.5 Å². The molecule has 2 N–H and O–H groups in total. The molecule has 7 heteroatoms. The molecule has 3 rings (SSSR count). The molecule has 3 aromatic rings. The van der Waals surface area contributed by atoms with Gasteiger partial charge in [-0.15, -0.1) is 16.4 Å². The largest absolute Gasteiger partial charge is 0.372 e. The smallest absolute Gasteiger partial charge is 0.274 e. The SMILES string of the molecule is CNc1ccc2ccc(C(=O)Nc3ccsc3C#N)n2n1. The van der Waals surface area contributed by atoms with E-state index in [4.69, 9.17) is 5.26 Å². The van der Waals surface area contributed by atoms with Crippen molar-refractivity contribution < 1.29 is 4.79 Å². The summed E-state index contributed by atoms with van der Waals surface area (Å²) in [7, 11) is 1.77. The lowest BCUT2D eigenvalue weighted by Crippen LogP contribution is -2.15. The summed E-state index contributed by atoms with van der Waals surface area (Å²) in [6.45, 7) is 0. The molecule has 0 aromatic carbocycles. The lowest BCUT2D eigenvalue weighted by atomic mass is 10.3. The summed E-state index contributed by atoms with van der Waals surface area (Å²) in [5, 5.41) is 20.7. The van der Waals surface area contributed by atoms with E-state index >= 15 is 0 Å². The summed E-state index contributed by atoms with van der Waals surface area (Å²) in [5.74, 6) is 0.367. The minimum atomic E-state index is -0.300. The van der Waals surface area contributed by atoms with Gasteiger partial charge < -0.3 is 10.6 Å². The fourth-order valence-corrected chi connectivity index (χ4v) is 2.61. The number of carbonyl (C=O) groups is 1. The molecule has 0 aliphatic rings. The van der Waals surface area contributed by atoms with Crippen molar-refractivity contribution in [2.75, 3.05) is 17.7 Å². The van der Waals surface area contributed by atoms with Crippen molar-refractivity contribution in [1.82, 2.24) is 9.61 Å². The van der Waals surface area contributed by atoms with Crippen molar-refractivity contribution in [3.8, 4) is 6.07 Å². The highest BCUT2D eigenvalue weighted by Gasteiger charge is 2.14. The summed E-state index contributed by atoms with van der Waals surface area (Å²) >= 11 is 1.29. The van der Waals surface area contributed by atoms with Gasteiger partial charge in [0.05, 0.1) is 11.2 Å². The zero-order chi connectivity index (χ0) is 14.8. The Kier molecular flexibility index (Phi) is 3.30. The van der Waals surface area contributed by atoms with Crippen LogP contribution < -0.4 is 10.6 Å². The molecule has 0 aliphatic heterocycles. The van der Waals surface area contributed by atoms with E-state index in [2.05, 4.69) is 21.8 Å². The van der Waals surface area contributed by atoms with Gasteiger partial charge >= 0.3 is 0 Å². The van der Waals surface area contributed by atoms with Gasteiger partial charge in [0, 0.05) is 7.05 Å². The van der Waals surface area contributed by atoms with Crippen LogP contribution in [-0.4, -0.2) is 22.6 Å². The van der Waals surface area contributed by atoms with Gasteiger partial charge in [-0.2, -0.15) is 5.26 Å². The average Bonchev–Trinajstić information content (AvgIpc) is 3.12. The van der Waals surface area contributed by atoms with E-state index < -0.39 is 0 Å². The highest BCUT2D eigenvalue weighted by atomic mass is 32.1. The molecule has 104 valence electrons. The van der Waals surface area contributed by atoms with Gasteiger partial charge in [-0.3, -0.25) is 4.79 Å². The topological polar surface area (TPSA) is 82.2 Å². The molecule has 0 saturated carbocycles. The Morgan fingerprint density at radius 3 is 2.90 bits per heavy atom. The van der Waals surface area contributed by atoms with Crippen molar-refractivity contribution in [2.24, 2.45) is 0 Å². The number of nitrogens with one attached hydrogen (secondary N) is 2. The summed E-state index contributed by atoms with van der Waals surface area (Å²) in [6, 6.07) is 11.0. The third-order valence-corrected chi connectivity index (χ3v) is 3.83. The highest BCUT2D eigenvalue weighted by Crippen LogP contribution is 2.22. The van der Waals surface area contributed by atoms with Crippen molar-refractivity contribution >= 4 is 34.3 Å². The van der Waals surface area contributed by atoms with E-state index in [1.165, 1.54) is 11.3 Å². The number of carbonyl (C=O) groups excluding carboxylic acids is 1. The molecule has 3 aromatic heterocycles. The van der Waals surface area contributed by atoms with E-state index in [1.807, 2.05) is 18.2 Å². The highest BCUT2D eigenvalue weighted by molar-refractivity contribution is 7.11. The number of hydrogen-bond donors (Lipinski definition) is 2. The fraction of sp³-hybridized carbons (Fsp3) is 0.0714. The van der Waals surface area contributed by atoms with Crippen LogP contribution in [0.4, 0.5) is 11.5 Å². The Bertz CT molecular complexity index is 858. The predicted molar refractivity (Wildman–Crippen MR) is 81.7 cm³/mol. The zero-order valence-electron chi connectivity index (χ0n) is 11.1. The minimum Gasteiger partial charge on any atom is -0.372 e. The fourth-order valence-electron chi connectivity index (χ4n) is 1.97. The Morgan fingerprint density at radius 1 is 1.33 bits per heavy atom. The van der Waals surface area contributed by atoms with Crippen LogP contribution in [0.5, 0.6) is 0 Å². The van der Waals surface area contributed by atoms with Crippen LogP contribution in [0.1, 0.15) is 15.4 Å². The van der Waals surface area contributed by atoms with Crippen LogP contribution in [0.25, 0.3) is 5.52 Å². The van der Waals surface area contributed by atoms with Gasteiger partial charge in [0.15, 0.2) is 0 Å². The number of nitriles is 1. The lowest BCUT2D eigenvalue weighted by Gasteiger charge is -2.05. The summed E-state index contributed by atoms with van der Waals surface area (Å²) in [4.78, 5) is 12.8. The number of aromatic nitrogens is 2. The standard InChI is InChI=1S/C14H11N5OS/c1-16-13-5-3-9-2-4-11(19(9)18-13)14(20)17-10-6-7-21-12(10)8-15/h2-7H,1H3,(H,16,18)(H,17,20). The molecule has 21 heavy (non-hydrogen) atoms. The average molecular weight is 297 g/mol. The van der Waals surface area contributed by atoms with Crippen molar-refractivity contribution in [1.29, 1.82) is 5.26 Å². The van der Waals surface area contributed by atoms with Crippen LogP contribution in [0.3, 0.4) is 0 Å². The van der Waals surface area contributed by atoms with Crippen LogP contribution in [0.2, 0.25) is 0 Å². The number of rotatable bonds is 3. The van der Waals surface area contributed by atoms with Gasteiger partial charge in [0.25, 0.3) is 5.91 Å². The van der Waals surface area contributed by atoms with Gasteiger partial charge in [-0.1, -0.05) is 0 Å². The molecule has 0 aliphatic carbocycles. The summed E-state index contributed by atoms with van der Waals surface area (Å²) < 4.78 is 1.57. The Morgan fingerprint density at radius 2 is 2.14 bits per heavy atom. The maximum Gasteiger partial charge on any atom is 0.274 e. The number of fused-ring (bicyclic) bond motifs is 1. The number of nitrogens with zero attached hydrogens (tertiary/aromatic N) is 3. The molecular formula is C14H11N5OS. The monoisotopic (exact) mass is 297 g/mol. The second-order valence-corrected chi connectivity index (χ2v) is 5.17. The third-order valence-electron chi connectivity index (χ3n) is 3.01. The molecule has 3 heterocycles. The van der Waals surface area contributed by atoms with E-state index in [0.717, 1.165) is 5.52 Å². The molecule has 0 unspecified atom stereocenters. The Hall–Kier alpha value is -2.85. The maximum atomic E-state index is 12.4. The maximum absolute atomic E-state index is 12.4. The molecule has 6 nitrogen and oxygen atoms in total. The zero-order valence-corrected chi connectivity index (χ0v) is 11.9. The van der Waals surface area contributed by atoms with Crippen LogP contribution in [-0.2, 0) is 0 Å². The van der Waals surface area contributed by atoms with Crippen molar-refractivity contribution in [3.63, 3.8) is 0 Å². The normalized spacial score (nSPS) is 10.3. The molecule has 0 bridgehead atoms. The van der Waals surface area contributed by atoms with E-state index in [9.17, 15) is 4.79 Å². The van der Waals surface area contributed by atoms with Crippen molar-refractivity contribution in [3.05, 3.63) is 46.3 Å². The van der Waals surface area contributed by atoms with Crippen LogP contribution in [0.15, 0.2) is 35.7 Å². The number of thiophene rings is 1. The first-order chi connectivity index (χ1) is 10.2. The first kappa shape index (κ1) is 13.1. The minimum absolute atomic E-state index is 0.300. The van der Waals surface area contributed by atoms with Crippen molar-refractivity contribution in [2.45, 2.75) is 0 Å². The molecular weight excluding hydrogens is 286 g/mol. The first-order valence-electron chi connectivity index (χ1n) is 6.18. The third kappa shape index (κ3) is 2.32. The van der Waals surface area contributed by atoms with E-state index in [-0.39, 0.29) is 5.91 Å². The molecule has 0 fully saturated rings. The second-order valence-electron chi connectivity index (χ2n) is 4.25. The Labute approximate surface area is 124 Å². The lowest BCUT2D eigenvalue weighted by molar-refractivity contribution is 0.102. The van der Waals surface area contributed by atoms with Gasteiger partial charge in [-0.25, -0.2) is 4.52 Å². The molecule has 0 saturated heterocycles. The van der Waals surface area contributed by atoms with E-state index in [0.29, 0.717) is 22.1 Å².